The van der Waals surface area contributed by atoms with Crippen LogP contribution in [0.15, 0.2) is 47.9 Å². The van der Waals surface area contributed by atoms with E-state index in [0.717, 1.165) is 29.9 Å². The molecule has 3 aromatic heterocycles. The van der Waals surface area contributed by atoms with Crippen LogP contribution in [-0.4, -0.2) is 35.5 Å². The second-order valence-corrected chi connectivity index (χ2v) is 8.50. The summed E-state index contributed by atoms with van der Waals surface area (Å²) in [6.07, 6.45) is -0.0367. The Morgan fingerprint density at radius 1 is 1.11 bits per heavy atom. The Bertz CT molecular complexity index is 1130. The lowest BCUT2D eigenvalue weighted by molar-refractivity contribution is -0.141. The molecule has 12 heteroatoms. The van der Waals surface area contributed by atoms with Crippen LogP contribution in [0.1, 0.15) is 15.4 Å². The van der Waals surface area contributed by atoms with Gasteiger partial charge in [0.25, 0.3) is 5.91 Å². The summed E-state index contributed by atoms with van der Waals surface area (Å²) in [5, 5.41) is 2.47. The molecule has 1 N–H and O–H groups in total. The molecule has 3 heterocycles. The third-order valence-electron chi connectivity index (χ3n) is 3.40. The fourth-order valence-corrected chi connectivity index (χ4v) is 3.74. The molecule has 3 rings (SSSR count). The second kappa shape index (κ2) is 7.28. The van der Waals surface area contributed by atoms with Gasteiger partial charge in [-0.1, -0.05) is 0 Å². The highest BCUT2D eigenvalue weighted by atomic mass is 32.2. The Balaban J connectivity index is 1.82. The molecule has 0 atom stereocenters. The van der Waals surface area contributed by atoms with Crippen molar-refractivity contribution >= 4 is 32.8 Å². The van der Waals surface area contributed by atoms with Gasteiger partial charge in [0, 0.05) is 24.2 Å². The van der Waals surface area contributed by atoms with Crippen molar-refractivity contribution in [2.45, 2.75) is 11.2 Å². The van der Waals surface area contributed by atoms with Crippen molar-refractivity contribution in [1.29, 1.82) is 0 Å². The Morgan fingerprint density at radius 2 is 1.86 bits per heavy atom. The average Bonchev–Trinajstić information content (AvgIpc) is 3.11. The van der Waals surface area contributed by atoms with Crippen LogP contribution in [0.2, 0.25) is 0 Å². The average molecular weight is 428 g/mol. The third-order valence-corrected chi connectivity index (χ3v) is 5.47. The number of halogens is 3. The largest absolute Gasteiger partial charge is 0.433 e. The van der Waals surface area contributed by atoms with Gasteiger partial charge in [0.05, 0.1) is 11.9 Å². The standard InChI is InChI=1S/C16H11F3N4O3S2/c1-28(25,26)15-10(3-2-6-20-15)23-13(24)11-8-22-14(27-11)9-4-5-12(21-7-9)16(17,18)19/h2-8H,1H3,(H,23,24). The van der Waals surface area contributed by atoms with Crippen LogP contribution in [0.25, 0.3) is 10.6 Å². The Morgan fingerprint density at radius 3 is 2.46 bits per heavy atom. The predicted molar refractivity (Wildman–Crippen MR) is 95.6 cm³/mol. The topological polar surface area (TPSA) is 102 Å². The summed E-state index contributed by atoms with van der Waals surface area (Å²) in [4.78, 5) is 23.7. The van der Waals surface area contributed by atoms with Crippen molar-refractivity contribution < 1.29 is 26.4 Å². The molecular weight excluding hydrogens is 417 g/mol. The number of amides is 1. The van der Waals surface area contributed by atoms with Gasteiger partial charge < -0.3 is 5.32 Å². The zero-order valence-electron chi connectivity index (χ0n) is 14.1. The van der Waals surface area contributed by atoms with Crippen LogP contribution in [-0.2, 0) is 16.0 Å². The fraction of sp³-hybridized carbons (Fsp3) is 0.125. The third kappa shape index (κ3) is 4.34. The van der Waals surface area contributed by atoms with Crippen LogP contribution in [0.5, 0.6) is 0 Å². The summed E-state index contributed by atoms with van der Waals surface area (Å²) in [7, 11) is -3.65. The van der Waals surface area contributed by atoms with Crippen LogP contribution < -0.4 is 5.32 Å². The number of carbonyl (C=O) groups excluding carboxylic acids is 1. The number of carbonyl (C=O) groups is 1. The molecule has 0 aliphatic heterocycles. The van der Waals surface area contributed by atoms with Crippen molar-refractivity contribution in [1.82, 2.24) is 15.0 Å². The smallest absolute Gasteiger partial charge is 0.319 e. The molecule has 0 unspecified atom stereocenters. The van der Waals surface area contributed by atoms with Gasteiger partial charge in [0.2, 0.25) is 0 Å². The monoisotopic (exact) mass is 428 g/mol. The zero-order valence-corrected chi connectivity index (χ0v) is 15.7. The number of nitrogens with one attached hydrogen (secondary N) is 1. The minimum atomic E-state index is -4.55. The van der Waals surface area contributed by atoms with Gasteiger partial charge in [-0.3, -0.25) is 9.78 Å². The number of sulfone groups is 1. The Hall–Kier alpha value is -2.86. The molecule has 0 aromatic carbocycles. The summed E-state index contributed by atoms with van der Waals surface area (Å²) in [6, 6.07) is 4.89. The number of pyridine rings is 2. The lowest BCUT2D eigenvalue weighted by Gasteiger charge is -2.07. The summed E-state index contributed by atoms with van der Waals surface area (Å²) in [5.74, 6) is -0.624. The van der Waals surface area contributed by atoms with Gasteiger partial charge in [-0.15, -0.1) is 11.3 Å². The number of nitrogens with zero attached hydrogens (tertiary/aromatic N) is 3. The molecule has 0 aliphatic rings. The van der Waals surface area contributed by atoms with Crippen LogP contribution >= 0.6 is 11.3 Å². The molecular formula is C16H11F3N4O3S2. The summed E-state index contributed by atoms with van der Waals surface area (Å²) < 4.78 is 61.2. The molecule has 3 aromatic rings. The van der Waals surface area contributed by atoms with Crippen molar-refractivity contribution in [2.24, 2.45) is 0 Å². The van der Waals surface area contributed by atoms with E-state index in [1.807, 2.05) is 0 Å². The highest BCUT2D eigenvalue weighted by Crippen LogP contribution is 2.30. The van der Waals surface area contributed by atoms with Crippen LogP contribution in [0.3, 0.4) is 0 Å². The maximum absolute atomic E-state index is 12.6. The summed E-state index contributed by atoms with van der Waals surface area (Å²) in [6.45, 7) is 0. The van der Waals surface area contributed by atoms with Gasteiger partial charge in [-0.25, -0.2) is 18.4 Å². The van der Waals surface area contributed by atoms with Crippen molar-refractivity contribution in [3.05, 3.63) is 53.4 Å². The molecule has 0 aliphatic carbocycles. The molecule has 1 amide bonds. The normalized spacial score (nSPS) is 12.0. The second-order valence-electron chi connectivity index (χ2n) is 5.54. The molecule has 7 nitrogen and oxygen atoms in total. The molecule has 0 saturated carbocycles. The molecule has 28 heavy (non-hydrogen) atoms. The van der Waals surface area contributed by atoms with E-state index in [1.54, 1.807) is 0 Å². The fourth-order valence-electron chi connectivity index (χ4n) is 2.17. The first-order valence-electron chi connectivity index (χ1n) is 7.51. The number of hydrogen-bond acceptors (Lipinski definition) is 7. The number of alkyl halides is 3. The van der Waals surface area contributed by atoms with E-state index in [1.165, 1.54) is 30.6 Å². The summed E-state index contributed by atoms with van der Waals surface area (Å²) in [5.41, 5.74) is -0.702. The first-order valence-corrected chi connectivity index (χ1v) is 10.2. The van der Waals surface area contributed by atoms with Crippen LogP contribution in [0, 0.1) is 0 Å². The molecule has 0 saturated heterocycles. The van der Waals surface area contributed by atoms with E-state index in [9.17, 15) is 26.4 Å². The van der Waals surface area contributed by atoms with Gasteiger partial charge in [0.1, 0.15) is 15.6 Å². The number of anilines is 1. The maximum atomic E-state index is 12.6. The quantitative estimate of drug-likeness (QED) is 0.684. The minimum absolute atomic E-state index is 0.0150. The maximum Gasteiger partial charge on any atom is 0.433 e. The van der Waals surface area contributed by atoms with E-state index in [2.05, 4.69) is 20.3 Å². The van der Waals surface area contributed by atoms with Gasteiger partial charge in [0.15, 0.2) is 14.9 Å². The highest BCUT2D eigenvalue weighted by molar-refractivity contribution is 7.90. The lowest BCUT2D eigenvalue weighted by atomic mass is 10.2. The van der Waals surface area contributed by atoms with Crippen LogP contribution in [0.4, 0.5) is 18.9 Å². The first-order chi connectivity index (χ1) is 13.1. The van der Waals surface area contributed by atoms with Gasteiger partial charge in [-0.05, 0) is 24.3 Å². The SMILES string of the molecule is CS(=O)(=O)c1ncccc1NC(=O)c1cnc(-c2ccc(C(F)(F)F)nc2)s1. The molecule has 146 valence electrons. The highest BCUT2D eigenvalue weighted by Gasteiger charge is 2.32. The first kappa shape index (κ1) is 19.9. The van der Waals surface area contributed by atoms with E-state index in [4.69, 9.17) is 0 Å². The van der Waals surface area contributed by atoms with Crippen molar-refractivity contribution in [3.8, 4) is 10.6 Å². The number of aromatic nitrogens is 3. The zero-order chi connectivity index (χ0) is 20.5. The molecule has 0 spiro atoms. The predicted octanol–water partition coefficient (Wildman–Crippen LogP) is 3.27. The Labute approximate surface area is 161 Å². The number of rotatable bonds is 4. The van der Waals surface area contributed by atoms with E-state index < -0.39 is 27.6 Å². The lowest BCUT2D eigenvalue weighted by Crippen LogP contribution is -2.14. The van der Waals surface area contributed by atoms with E-state index in [-0.39, 0.29) is 15.6 Å². The van der Waals surface area contributed by atoms with Gasteiger partial charge >= 0.3 is 6.18 Å². The molecule has 0 bridgehead atoms. The molecule has 0 fully saturated rings. The van der Waals surface area contributed by atoms with Crippen molar-refractivity contribution in [2.75, 3.05) is 11.6 Å². The number of hydrogen-bond donors (Lipinski definition) is 1. The summed E-state index contributed by atoms with van der Waals surface area (Å²) >= 11 is 0.926. The number of thiazole rings is 1. The molecule has 0 radical (unpaired) electrons. The van der Waals surface area contributed by atoms with Crippen molar-refractivity contribution in [3.63, 3.8) is 0 Å². The van der Waals surface area contributed by atoms with E-state index >= 15 is 0 Å². The van der Waals surface area contributed by atoms with Gasteiger partial charge in [-0.2, -0.15) is 13.2 Å². The Kier molecular flexibility index (Phi) is 5.17. The minimum Gasteiger partial charge on any atom is -0.319 e. The van der Waals surface area contributed by atoms with E-state index in [0.29, 0.717) is 10.6 Å².